The SMILES string of the molecule is Cn1nc(CNS(=O)(=O)N2CCCC2C(=O)O)cc1C1CC1. The first kappa shape index (κ1) is 15.4. The highest BCUT2D eigenvalue weighted by Crippen LogP contribution is 2.39. The molecule has 0 bridgehead atoms. The van der Waals surface area contributed by atoms with Gasteiger partial charge in [-0.2, -0.15) is 22.5 Å². The predicted molar refractivity (Wildman–Crippen MR) is 78.3 cm³/mol. The van der Waals surface area contributed by atoms with Crippen molar-refractivity contribution in [2.75, 3.05) is 6.54 Å². The molecule has 9 heteroatoms. The maximum absolute atomic E-state index is 12.3. The molecule has 0 radical (unpaired) electrons. The Morgan fingerprint density at radius 1 is 1.45 bits per heavy atom. The van der Waals surface area contributed by atoms with Crippen LogP contribution in [0.15, 0.2) is 6.07 Å². The summed E-state index contributed by atoms with van der Waals surface area (Å²) in [6.45, 7) is 0.313. The van der Waals surface area contributed by atoms with Crippen LogP contribution in [0, 0.1) is 0 Å². The van der Waals surface area contributed by atoms with Crippen molar-refractivity contribution in [3.63, 3.8) is 0 Å². The normalized spacial score (nSPS) is 23.0. The molecule has 1 aromatic rings. The Balaban J connectivity index is 1.67. The van der Waals surface area contributed by atoms with E-state index in [4.69, 9.17) is 5.11 Å². The molecule has 2 N–H and O–H groups in total. The zero-order valence-corrected chi connectivity index (χ0v) is 13.2. The number of nitrogens with one attached hydrogen (secondary N) is 1. The van der Waals surface area contributed by atoms with Crippen molar-refractivity contribution in [1.82, 2.24) is 18.8 Å². The smallest absolute Gasteiger partial charge is 0.322 e. The van der Waals surface area contributed by atoms with E-state index in [9.17, 15) is 13.2 Å². The summed E-state index contributed by atoms with van der Waals surface area (Å²) in [5.41, 5.74) is 1.78. The highest BCUT2D eigenvalue weighted by Gasteiger charge is 2.38. The fourth-order valence-electron chi connectivity index (χ4n) is 2.91. The van der Waals surface area contributed by atoms with Crippen LogP contribution in [-0.4, -0.2) is 46.2 Å². The van der Waals surface area contributed by atoms with E-state index in [1.54, 1.807) is 4.68 Å². The maximum Gasteiger partial charge on any atom is 0.322 e. The van der Waals surface area contributed by atoms with E-state index in [1.807, 2.05) is 13.1 Å². The number of aryl methyl sites for hydroxylation is 1. The second kappa shape index (κ2) is 5.64. The molecule has 1 aliphatic heterocycles. The van der Waals surface area contributed by atoms with Gasteiger partial charge in [-0.3, -0.25) is 9.48 Å². The van der Waals surface area contributed by atoms with Crippen molar-refractivity contribution in [2.24, 2.45) is 7.05 Å². The molecule has 1 unspecified atom stereocenters. The summed E-state index contributed by atoms with van der Waals surface area (Å²) in [5, 5.41) is 13.4. The Labute approximate surface area is 129 Å². The fourth-order valence-corrected chi connectivity index (χ4v) is 4.31. The highest BCUT2D eigenvalue weighted by atomic mass is 32.2. The van der Waals surface area contributed by atoms with Crippen LogP contribution < -0.4 is 4.72 Å². The van der Waals surface area contributed by atoms with E-state index in [-0.39, 0.29) is 13.1 Å². The summed E-state index contributed by atoms with van der Waals surface area (Å²) in [5.74, 6) is -0.561. The Morgan fingerprint density at radius 2 is 2.18 bits per heavy atom. The first-order chi connectivity index (χ1) is 10.4. The molecule has 1 aromatic heterocycles. The second-order valence-corrected chi connectivity index (χ2v) is 7.60. The molecule has 2 heterocycles. The third kappa shape index (κ3) is 3.01. The van der Waals surface area contributed by atoms with Crippen molar-refractivity contribution in [1.29, 1.82) is 0 Å². The van der Waals surface area contributed by atoms with E-state index in [0.29, 0.717) is 24.5 Å². The van der Waals surface area contributed by atoms with Gasteiger partial charge in [0.1, 0.15) is 6.04 Å². The van der Waals surface area contributed by atoms with Crippen LogP contribution in [0.3, 0.4) is 0 Å². The number of hydrogen-bond acceptors (Lipinski definition) is 4. The Bertz CT molecular complexity index is 680. The summed E-state index contributed by atoms with van der Waals surface area (Å²) in [4.78, 5) is 11.1. The van der Waals surface area contributed by atoms with Crippen molar-refractivity contribution in [3.8, 4) is 0 Å². The molecule has 8 nitrogen and oxygen atoms in total. The van der Waals surface area contributed by atoms with Gasteiger partial charge in [0.05, 0.1) is 12.2 Å². The van der Waals surface area contributed by atoms with Gasteiger partial charge in [-0.15, -0.1) is 0 Å². The fraction of sp³-hybridized carbons (Fsp3) is 0.692. The number of aromatic nitrogens is 2. The molecule has 0 amide bonds. The summed E-state index contributed by atoms with van der Waals surface area (Å²) < 4.78 is 29.8. The second-order valence-electron chi connectivity index (χ2n) is 5.89. The average molecular weight is 328 g/mol. The van der Waals surface area contributed by atoms with E-state index in [1.165, 1.54) is 0 Å². The Hall–Kier alpha value is -1.45. The molecule has 1 aliphatic carbocycles. The minimum Gasteiger partial charge on any atom is -0.480 e. The van der Waals surface area contributed by atoms with Crippen molar-refractivity contribution in [2.45, 2.75) is 44.2 Å². The quantitative estimate of drug-likeness (QED) is 0.775. The maximum atomic E-state index is 12.3. The summed E-state index contributed by atoms with van der Waals surface area (Å²) >= 11 is 0. The number of nitrogens with zero attached hydrogens (tertiary/aromatic N) is 3. The van der Waals surface area contributed by atoms with Crippen LogP contribution in [0.25, 0.3) is 0 Å². The van der Waals surface area contributed by atoms with Crippen LogP contribution >= 0.6 is 0 Å². The standard InChI is InChI=1S/C13H20N4O4S/c1-16-12(9-4-5-9)7-10(15-16)8-14-22(20,21)17-6-2-3-11(17)13(18)19/h7,9,11,14H,2-6,8H2,1H3,(H,18,19). The van der Waals surface area contributed by atoms with E-state index >= 15 is 0 Å². The molecular formula is C13H20N4O4S. The zero-order chi connectivity index (χ0) is 15.9. The third-order valence-corrected chi connectivity index (χ3v) is 5.76. The van der Waals surface area contributed by atoms with Gasteiger partial charge in [-0.25, -0.2) is 0 Å². The van der Waals surface area contributed by atoms with Gasteiger partial charge >= 0.3 is 5.97 Å². The topological polar surface area (TPSA) is 105 Å². The van der Waals surface area contributed by atoms with Gasteiger partial charge in [0.2, 0.25) is 0 Å². The number of rotatable bonds is 6. The van der Waals surface area contributed by atoms with Crippen LogP contribution in [0.1, 0.15) is 43.0 Å². The lowest BCUT2D eigenvalue weighted by atomic mass is 10.2. The van der Waals surface area contributed by atoms with E-state index < -0.39 is 22.2 Å². The summed E-state index contributed by atoms with van der Waals surface area (Å²) in [6, 6.07) is 0.946. The van der Waals surface area contributed by atoms with Crippen LogP contribution in [-0.2, 0) is 28.6 Å². The molecule has 1 atom stereocenters. The molecule has 0 aromatic carbocycles. The molecule has 122 valence electrons. The van der Waals surface area contributed by atoms with Crippen LogP contribution in [0.4, 0.5) is 0 Å². The Morgan fingerprint density at radius 3 is 2.82 bits per heavy atom. The molecule has 2 fully saturated rings. The predicted octanol–water partition coefficient (Wildman–Crippen LogP) is 0.181. The molecule has 1 saturated carbocycles. The lowest BCUT2D eigenvalue weighted by Crippen LogP contribution is -2.46. The number of carboxylic acids is 1. The first-order valence-electron chi connectivity index (χ1n) is 7.40. The van der Waals surface area contributed by atoms with E-state index in [0.717, 1.165) is 22.8 Å². The van der Waals surface area contributed by atoms with Crippen molar-refractivity contribution < 1.29 is 18.3 Å². The monoisotopic (exact) mass is 328 g/mol. The Kier molecular flexibility index (Phi) is 3.96. The summed E-state index contributed by atoms with van der Waals surface area (Å²) in [7, 11) is -1.95. The van der Waals surface area contributed by atoms with Gasteiger partial charge < -0.3 is 5.11 Å². The molecular weight excluding hydrogens is 308 g/mol. The van der Waals surface area contributed by atoms with Crippen LogP contribution in [0.5, 0.6) is 0 Å². The molecule has 1 saturated heterocycles. The lowest BCUT2D eigenvalue weighted by molar-refractivity contribution is -0.140. The van der Waals surface area contributed by atoms with Gasteiger partial charge in [0.15, 0.2) is 0 Å². The van der Waals surface area contributed by atoms with Gasteiger partial charge in [0.25, 0.3) is 10.2 Å². The van der Waals surface area contributed by atoms with Gasteiger partial charge in [0, 0.05) is 25.2 Å². The lowest BCUT2D eigenvalue weighted by Gasteiger charge is -2.20. The molecule has 0 spiro atoms. The molecule has 3 rings (SSSR count). The minimum atomic E-state index is -3.81. The first-order valence-corrected chi connectivity index (χ1v) is 8.84. The number of carboxylic acid groups (broad SMARTS) is 1. The largest absolute Gasteiger partial charge is 0.480 e. The average Bonchev–Trinajstić information content (AvgIpc) is 3.02. The van der Waals surface area contributed by atoms with Gasteiger partial charge in [-0.1, -0.05) is 0 Å². The third-order valence-electron chi connectivity index (χ3n) is 4.20. The van der Waals surface area contributed by atoms with Crippen molar-refractivity contribution >= 4 is 16.2 Å². The van der Waals surface area contributed by atoms with E-state index in [2.05, 4.69) is 9.82 Å². The van der Waals surface area contributed by atoms with Gasteiger partial charge in [-0.05, 0) is 31.7 Å². The van der Waals surface area contributed by atoms with Crippen molar-refractivity contribution in [3.05, 3.63) is 17.5 Å². The molecule has 2 aliphatic rings. The summed E-state index contributed by atoms with van der Waals surface area (Å²) in [6.07, 6.45) is 3.22. The number of hydrogen-bond donors (Lipinski definition) is 2. The number of carbonyl (C=O) groups is 1. The highest BCUT2D eigenvalue weighted by molar-refractivity contribution is 7.87. The molecule has 22 heavy (non-hydrogen) atoms. The zero-order valence-electron chi connectivity index (χ0n) is 12.4. The number of aliphatic carboxylic acids is 1. The van der Waals surface area contributed by atoms with Crippen LogP contribution in [0.2, 0.25) is 0 Å². The minimum absolute atomic E-state index is 0.0751.